The highest BCUT2D eigenvalue weighted by Gasteiger charge is 2.12. The summed E-state index contributed by atoms with van der Waals surface area (Å²) < 4.78 is 0. The van der Waals surface area contributed by atoms with E-state index < -0.39 is 6.10 Å². The van der Waals surface area contributed by atoms with E-state index >= 15 is 0 Å². The zero-order valence-electron chi connectivity index (χ0n) is 13.6. The molecule has 0 bridgehead atoms. The Morgan fingerprint density at radius 1 is 1.18 bits per heavy atom. The first-order valence-electron chi connectivity index (χ1n) is 7.84. The van der Waals surface area contributed by atoms with Crippen molar-refractivity contribution in [3.8, 4) is 0 Å². The molecule has 1 aromatic carbocycles. The normalized spacial score (nSPS) is 11.8. The molecular formula is C17H26N2O3. The molecule has 0 heterocycles. The van der Waals surface area contributed by atoms with Gasteiger partial charge in [-0.25, -0.2) is 0 Å². The third-order valence-electron chi connectivity index (χ3n) is 3.60. The van der Waals surface area contributed by atoms with Crippen molar-refractivity contribution >= 4 is 17.5 Å². The first-order chi connectivity index (χ1) is 10.5. The van der Waals surface area contributed by atoms with Gasteiger partial charge >= 0.3 is 0 Å². The lowest BCUT2D eigenvalue weighted by molar-refractivity contribution is -0.130. The monoisotopic (exact) mass is 306 g/mol. The number of nitrogens with one attached hydrogen (secondary N) is 1. The number of nitrogens with zero attached hydrogens (tertiary/aromatic N) is 1. The van der Waals surface area contributed by atoms with E-state index in [9.17, 15) is 14.7 Å². The molecule has 2 N–H and O–H groups in total. The molecule has 0 aliphatic carbocycles. The molecule has 1 atom stereocenters. The van der Waals surface area contributed by atoms with Crippen molar-refractivity contribution < 1.29 is 14.7 Å². The maximum atomic E-state index is 12.0. The molecular weight excluding hydrogens is 280 g/mol. The van der Waals surface area contributed by atoms with Crippen LogP contribution in [0.25, 0.3) is 0 Å². The van der Waals surface area contributed by atoms with E-state index in [1.165, 1.54) is 0 Å². The molecule has 0 saturated heterocycles. The molecule has 5 nitrogen and oxygen atoms in total. The van der Waals surface area contributed by atoms with Gasteiger partial charge in [0.2, 0.25) is 11.8 Å². The molecule has 0 fully saturated rings. The Labute approximate surface area is 132 Å². The highest BCUT2D eigenvalue weighted by molar-refractivity contribution is 5.91. The first kappa shape index (κ1) is 18.2. The number of aliphatic hydroxyl groups excluding tert-OH is 1. The summed E-state index contributed by atoms with van der Waals surface area (Å²) in [6, 6.07) is 7.18. The summed E-state index contributed by atoms with van der Waals surface area (Å²) in [5, 5.41) is 12.5. The number of aliphatic hydroxyl groups is 1. The fourth-order valence-corrected chi connectivity index (χ4v) is 2.32. The predicted octanol–water partition coefficient (Wildman–Crippen LogP) is 2.72. The van der Waals surface area contributed by atoms with Crippen molar-refractivity contribution in [3.05, 3.63) is 29.8 Å². The van der Waals surface area contributed by atoms with E-state index in [2.05, 4.69) is 5.32 Å². The van der Waals surface area contributed by atoms with Gasteiger partial charge in [0.25, 0.3) is 0 Å². The average Bonchev–Trinajstić information content (AvgIpc) is 2.48. The van der Waals surface area contributed by atoms with Gasteiger partial charge in [-0.15, -0.1) is 0 Å². The van der Waals surface area contributed by atoms with Crippen molar-refractivity contribution in [2.75, 3.05) is 18.4 Å². The summed E-state index contributed by atoms with van der Waals surface area (Å²) in [6.07, 6.45) is 0.563. The van der Waals surface area contributed by atoms with Crippen LogP contribution in [0.2, 0.25) is 0 Å². The molecule has 0 saturated carbocycles. The summed E-state index contributed by atoms with van der Waals surface area (Å²) in [6.45, 7) is 6.95. The Morgan fingerprint density at radius 3 is 2.41 bits per heavy atom. The molecule has 0 aliphatic rings. The standard InChI is InChI=1S/C17H26N2O3/c1-4-19(5-2)17(22)12-8-11-16(21)18-15-10-7-6-9-14(15)13(3)20/h6-7,9-10,13,20H,4-5,8,11-12H2,1-3H3,(H,18,21). The second-order valence-electron chi connectivity index (χ2n) is 5.23. The molecule has 5 heteroatoms. The van der Waals surface area contributed by atoms with E-state index in [1.807, 2.05) is 26.0 Å². The van der Waals surface area contributed by atoms with Gasteiger partial charge in [0.15, 0.2) is 0 Å². The maximum Gasteiger partial charge on any atom is 0.224 e. The van der Waals surface area contributed by atoms with Crippen molar-refractivity contribution in [2.24, 2.45) is 0 Å². The summed E-state index contributed by atoms with van der Waals surface area (Å²) in [4.78, 5) is 25.6. The lowest BCUT2D eigenvalue weighted by Gasteiger charge is -2.18. The number of hydrogen-bond acceptors (Lipinski definition) is 3. The third-order valence-corrected chi connectivity index (χ3v) is 3.60. The topological polar surface area (TPSA) is 69.6 Å². The van der Waals surface area contributed by atoms with E-state index in [4.69, 9.17) is 0 Å². The van der Waals surface area contributed by atoms with Crippen LogP contribution < -0.4 is 5.32 Å². The molecule has 0 spiro atoms. The summed E-state index contributed by atoms with van der Waals surface area (Å²) in [7, 11) is 0. The molecule has 1 rings (SSSR count). The number of rotatable bonds is 8. The second-order valence-corrected chi connectivity index (χ2v) is 5.23. The van der Waals surface area contributed by atoms with Crippen LogP contribution in [-0.2, 0) is 9.59 Å². The van der Waals surface area contributed by atoms with Crippen LogP contribution in [0.4, 0.5) is 5.69 Å². The van der Waals surface area contributed by atoms with E-state index in [0.29, 0.717) is 43.6 Å². The van der Waals surface area contributed by atoms with E-state index in [0.717, 1.165) is 0 Å². The fraction of sp³-hybridized carbons (Fsp3) is 0.529. The van der Waals surface area contributed by atoms with Crippen LogP contribution in [0.3, 0.4) is 0 Å². The van der Waals surface area contributed by atoms with Crippen LogP contribution >= 0.6 is 0 Å². The van der Waals surface area contributed by atoms with Gasteiger partial charge in [-0.2, -0.15) is 0 Å². The minimum Gasteiger partial charge on any atom is -0.389 e. The number of carbonyl (C=O) groups excluding carboxylic acids is 2. The van der Waals surface area contributed by atoms with Crippen molar-refractivity contribution in [1.82, 2.24) is 4.90 Å². The van der Waals surface area contributed by atoms with E-state index in [-0.39, 0.29) is 11.8 Å². The van der Waals surface area contributed by atoms with E-state index in [1.54, 1.807) is 24.0 Å². The second kappa shape index (κ2) is 9.20. The van der Waals surface area contributed by atoms with Gasteiger partial charge in [0, 0.05) is 37.2 Å². The minimum absolute atomic E-state index is 0.0854. The average molecular weight is 306 g/mol. The number of carbonyl (C=O) groups is 2. The molecule has 1 aromatic rings. The van der Waals surface area contributed by atoms with Gasteiger partial charge in [0.05, 0.1) is 6.10 Å². The van der Waals surface area contributed by atoms with Gasteiger partial charge in [-0.05, 0) is 33.3 Å². The zero-order valence-corrected chi connectivity index (χ0v) is 13.6. The highest BCUT2D eigenvalue weighted by Crippen LogP contribution is 2.22. The van der Waals surface area contributed by atoms with Crippen molar-refractivity contribution in [3.63, 3.8) is 0 Å². The smallest absolute Gasteiger partial charge is 0.224 e. The number of benzene rings is 1. The number of para-hydroxylation sites is 1. The molecule has 22 heavy (non-hydrogen) atoms. The Morgan fingerprint density at radius 2 is 1.82 bits per heavy atom. The van der Waals surface area contributed by atoms with Crippen LogP contribution in [0, 0.1) is 0 Å². The van der Waals surface area contributed by atoms with Crippen molar-refractivity contribution in [1.29, 1.82) is 0 Å². The van der Waals surface area contributed by atoms with Crippen LogP contribution in [0.1, 0.15) is 51.7 Å². The maximum absolute atomic E-state index is 12.0. The lowest BCUT2D eigenvalue weighted by atomic mass is 10.1. The van der Waals surface area contributed by atoms with Gasteiger partial charge < -0.3 is 15.3 Å². The summed E-state index contributed by atoms with van der Waals surface area (Å²) in [5.41, 5.74) is 1.31. The zero-order chi connectivity index (χ0) is 16.5. The quantitative estimate of drug-likeness (QED) is 0.776. The fourth-order valence-electron chi connectivity index (χ4n) is 2.32. The Balaban J connectivity index is 2.46. The number of amides is 2. The van der Waals surface area contributed by atoms with Gasteiger partial charge in [-0.3, -0.25) is 9.59 Å². The molecule has 2 amide bonds. The largest absolute Gasteiger partial charge is 0.389 e. The number of hydrogen-bond donors (Lipinski definition) is 2. The lowest BCUT2D eigenvalue weighted by Crippen LogP contribution is -2.30. The molecule has 0 radical (unpaired) electrons. The Hall–Kier alpha value is -1.88. The van der Waals surface area contributed by atoms with Gasteiger partial charge in [-0.1, -0.05) is 18.2 Å². The summed E-state index contributed by atoms with van der Waals surface area (Å²) in [5.74, 6) is -0.0531. The SMILES string of the molecule is CCN(CC)C(=O)CCCC(=O)Nc1ccccc1C(C)O. The molecule has 1 unspecified atom stereocenters. The molecule has 122 valence electrons. The predicted molar refractivity (Wildman–Crippen MR) is 87.5 cm³/mol. The van der Waals surface area contributed by atoms with Crippen LogP contribution in [0.5, 0.6) is 0 Å². The summed E-state index contributed by atoms with van der Waals surface area (Å²) >= 11 is 0. The van der Waals surface area contributed by atoms with Crippen LogP contribution in [-0.4, -0.2) is 34.9 Å². The minimum atomic E-state index is -0.638. The third kappa shape index (κ3) is 5.48. The Bertz CT molecular complexity index is 496. The molecule has 0 aliphatic heterocycles. The highest BCUT2D eigenvalue weighted by atomic mass is 16.3. The number of anilines is 1. The first-order valence-corrected chi connectivity index (χ1v) is 7.84. The Kier molecular flexibility index (Phi) is 7.60. The van der Waals surface area contributed by atoms with Crippen molar-refractivity contribution in [2.45, 2.75) is 46.1 Å². The molecule has 0 aromatic heterocycles. The van der Waals surface area contributed by atoms with Crippen LogP contribution in [0.15, 0.2) is 24.3 Å². The van der Waals surface area contributed by atoms with Gasteiger partial charge in [0.1, 0.15) is 0 Å².